The summed E-state index contributed by atoms with van der Waals surface area (Å²) in [6.07, 6.45) is -4.71. The largest absolute Gasteiger partial charge is 0.433 e. The van der Waals surface area contributed by atoms with E-state index < -0.39 is 29.1 Å². The van der Waals surface area contributed by atoms with Crippen LogP contribution in [-0.4, -0.2) is 6.61 Å². The Bertz CT molecular complexity index is 393. The molecule has 0 saturated carbocycles. The fourth-order valence-corrected chi connectivity index (χ4v) is 2.21. The highest BCUT2D eigenvalue weighted by molar-refractivity contribution is 14.1. The van der Waals surface area contributed by atoms with Crippen molar-refractivity contribution in [1.29, 1.82) is 0 Å². The smallest absolute Gasteiger partial charge is 0.419 e. The summed E-state index contributed by atoms with van der Waals surface area (Å²) in [5, 5.41) is -0.861. The summed E-state index contributed by atoms with van der Waals surface area (Å²) in [7, 11) is 0. The summed E-state index contributed by atoms with van der Waals surface area (Å²) in [4.78, 5) is 0. The van der Waals surface area contributed by atoms with Crippen molar-refractivity contribution in [3.8, 4) is 5.75 Å². The van der Waals surface area contributed by atoms with Crippen LogP contribution in [0.15, 0.2) is 12.1 Å². The molecule has 1 aromatic carbocycles. The van der Waals surface area contributed by atoms with Crippen molar-refractivity contribution in [1.82, 2.24) is 0 Å². The Balaban J connectivity index is 3.28. The lowest BCUT2D eigenvalue weighted by Gasteiger charge is -2.14. The van der Waals surface area contributed by atoms with Crippen molar-refractivity contribution in [2.45, 2.75) is 12.8 Å². The van der Waals surface area contributed by atoms with Crippen LogP contribution in [0, 0.1) is 3.57 Å². The molecule has 0 amide bonds. The lowest BCUT2D eigenvalue weighted by molar-refractivity contribution is -0.138. The van der Waals surface area contributed by atoms with E-state index in [2.05, 4.69) is 4.74 Å². The van der Waals surface area contributed by atoms with Crippen molar-refractivity contribution in [3.63, 3.8) is 0 Å². The van der Waals surface area contributed by atoms with Crippen molar-refractivity contribution >= 4 is 34.2 Å². The zero-order valence-corrected chi connectivity index (χ0v) is 10.2. The van der Waals surface area contributed by atoms with Crippen LogP contribution < -0.4 is 4.74 Å². The highest BCUT2D eigenvalue weighted by atomic mass is 127. The standard InChI is InChI=1S/C8H3ClF5IO/c9-6-4(16-7(10)11)2-1-3(15)5(6)8(12,13)14/h1-2,7H. The summed E-state index contributed by atoms with van der Waals surface area (Å²) in [6, 6.07) is 1.97. The van der Waals surface area contributed by atoms with Gasteiger partial charge in [-0.05, 0) is 34.7 Å². The molecule has 16 heavy (non-hydrogen) atoms. The van der Waals surface area contributed by atoms with Crippen molar-refractivity contribution in [3.05, 3.63) is 26.3 Å². The van der Waals surface area contributed by atoms with E-state index in [0.717, 1.165) is 12.1 Å². The molecule has 0 aliphatic rings. The van der Waals surface area contributed by atoms with Crippen LogP contribution in [0.4, 0.5) is 22.0 Å². The van der Waals surface area contributed by atoms with Gasteiger partial charge in [-0.2, -0.15) is 22.0 Å². The average Bonchev–Trinajstić information content (AvgIpc) is 2.07. The molecule has 0 spiro atoms. The van der Waals surface area contributed by atoms with E-state index in [1.807, 2.05) is 0 Å². The van der Waals surface area contributed by atoms with Gasteiger partial charge in [0.1, 0.15) is 5.75 Å². The molecule has 1 aromatic rings. The molecule has 0 N–H and O–H groups in total. The first-order valence-electron chi connectivity index (χ1n) is 3.73. The first-order valence-corrected chi connectivity index (χ1v) is 5.19. The second kappa shape index (κ2) is 4.91. The molecule has 0 heterocycles. The van der Waals surface area contributed by atoms with Crippen molar-refractivity contribution in [2.24, 2.45) is 0 Å². The molecule has 0 fully saturated rings. The summed E-state index contributed by atoms with van der Waals surface area (Å²) >= 11 is 6.77. The third-order valence-corrected chi connectivity index (χ3v) is 2.83. The predicted octanol–water partition coefficient (Wildman–Crippen LogP) is 4.56. The second-order valence-corrected chi connectivity index (χ2v) is 4.15. The van der Waals surface area contributed by atoms with E-state index in [9.17, 15) is 22.0 Å². The molecule has 1 rings (SSSR count). The Morgan fingerprint density at radius 2 is 1.81 bits per heavy atom. The molecular weight excluding hydrogens is 369 g/mol. The molecule has 90 valence electrons. The Morgan fingerprint density at radius 3 is 2.25 bits per heavy atom. The Labute approximate surface area is 106 Å². The molecule has 8 heteroatoms. The third-order valence-electron chi connectivity index (χ3n) is 1.56. The van der Waals surface area contributed by atoms with Gasteiger partial charge in [0.25, 0.3) is 0 Å². The normalized spacial score (nSPS) is 12.0. The molecule has 0 radical (unpaired) electrons. The Hall–Kier alpha value is -0.310. The van der Waals surface area contributed by atoms with Gasteiger partial charge in [0.05, 0.1) is 10.6 Å². The van der Waals surface area contributed by atoms with Crippen LogP contribution in [0.3, 0.4) is 0 Å². The van der Waals surface area contributed by atoms with E-state index in [1.165, 1.54) is 22.6 Å². The molecule has 0 aromatic heterocycles. The number of ether oxygens (including phenoxy) is 1. The van der Waals surface area contributed by atoms with E-state index in [4.69, 9.17) is 11.6 Å². The Kier molecular flexibility index (Phi) is 4.22. The summed E-state index contributed by atoms with van der Waals surface area (Å²) in [5.41, 5.74) is -1.17. The third kappa shape index (κ3) is 3.09. The summed E-state index contributed by atoms with van der Waals surface area (Å²) in [6.45, 7) is -3.22. The van der Waals surface area contributed by atoms with Crippen LogP contribution >= 0.6 is 34.2 Å². The van der Waals surface area contributed by atoms with Crippen molar-refractivity contribution in [2.75, 3.05) is 0 Å². The lowest BCUT2D eigenvalue weighted by atomic mass is 10.2. The van der Waals surface area contributed by atoms with Crippen LogP contribution in [-0.2, 0) is 6.18 Å². The number of hydrogen-bond donors (Lipinski definition) is 0. The highest BCUT2D eigenvalue weighted by Crippen LogP contribution is 2.42. The fourth-order valence-electron chi connectivity index (χ4n) is 0.980. The zero-order chi connectivity index (χ0) is 12.5. The lowest BCUT2D eigenvalue weighted by Crippen LogP contribution is -2.11. The van der Waals surface area contributed by atoms with Gasteiger partial charge in [-0.3, -0.25) is 0 Å². The maximum atomic E-state index is 12.5. The van der Waals surface area contributed by atoms with Crippen molar-refractivity contribution < 1.29 is 26.7 Å². The molecule has 0 aliphatic heterocycles. The van der Waals surface area contributed by atoms with Crippen LogP contribution in [0.2, 0.25) is 5.02 Å². The predicted molar refractivity (Wildman–Crippen MR) is 55.8 cm³/mol. The highest BCUT2D eigenvalue weighted by Gasteiger charge is 2.37. The summed E-state index contributed by atoms with van der Waals surface area (Å²) < 4.78 is 64.9. The monoisotopic (exact) mass is 372 g/mol. The van der Waals surface area contributed by atoms with Gasteiger partial charge in [-0.25, -0.2) is 0 Å². The van der Waals surface area contributed by atoms with Gasteiger partial charge in [-0.15, -0.1) is 0 Å². The average molecular weight is 372 g/mol. The molecular formula is C8H3ClF5IO. The van der Waals surface area contributed by atoms with E-state index in [0.29, 0.717) is 0 Å². The van der Waals surface area contributed by atoms with Gasteiger partial charge in [0.15, 0.2) is 0 Å². The maximum absolute atomic E-state index is 12.5. The SMILES string of the molecule is FC(F)Oc1ccc(I)c(C(F)(F)F)c1Cl. The first-order chi connectivity index (χ1) is 7.23. The van der Waals surface area contributed by atoms with Gasteiger partial charge in [0, 0.05) is 3.57 Å². The molecule has 0 bridgehead atoms. The number of rotatable bonds is 2. The quantitative estimate of drug-likeness (QED) is 0.546. The van der Waals surface area contributed by atoms with Gasteiger partial charge in [-0.1, -0.05) is 11.6 Å². The van der Waals surface area contributed by atoms with Crippen LogP contribution in [0.5, 0.6) is 5.75 Å². The zero-order valence-electron chi connectivity index (χ0n) is 7.29. The van der Waals surface area contributed by atoms with Crippen LogP contribution in [0.1, 0.15) is 5.56 Å². The van der Waals surface area contributed by atoms with E-state index in [-0.39, 0.29) is 3.57 Å². The molecule has 0 atom stereocenters. The van der Waals surface area contributed by atoms with Gasteiger partial charge < -0.3 is 4.74 Å². The minimum absolute atomic E-state index is 0.184. The molecule has 0 aliphatic carbocycles. The number of hydrogen-bond acceptors (Lipinski definition) is 1. The minimum Gasteiger partial charge on any atom is -0.433 e. The van der Waals surface area contributed by atoms with E-state index >= 15 is 0 Å². The van der Waals surface area contributed by atoms with Crippen LogP contribution in [0.25, 0.3) is 0 Å². The van der Waals surface area contributed by atoms with E-state index in [1.54, 1.807) is 0 Å². The molecule has 0 unspecified atom stereocenters. The second-order valence-electron chi connectivity index (χ2n) is 2.61. The fraction of sp³-hybridized carbons (Fsp3) is 0.250. The number of alkyl halides is 5. The van der Waals surface area contributed by atoms with Gasteiger partial charge >= 0.3 is 12.8 Å². The maximum Gasteiger partial charge on any atom is 0.419 e. The number of benzene rings is 1. The Morgan fingerprint density at radius 1 is 1.25 bits per heavy atom. The molecule has 1 nitrogen and oxygen atoms in total. The van der Waals surface area contributed by atoms with Gasteiger partial charge in [0.2, 0.25) is 0 Å². The molecule has 0 saturated heterocycles. The number of halogens is 7. The first kappa shape index (κ1) is 13.8. The minimum atomic E-state index is -4.71. The topological polar surface area (TPSA) is 9.23 Å². The summed E-state index contributed by atoms with van der Waals surface area (Å²) in [5.74, 6) is -0.690.